The van der Waals surface area contributed by atoms with Crippen LogP contribution in [0.3, 0.4) is 0 Å². The van der Waals surface area contributed by atoms with Gasteiger partial charge in [-0.05, 0) is 46.2 Å². The average molecular weight is 488 g/mol. The molecule has 0 N–H and O–H groups in total. The van der Waals surface area contributed by atoms with Gasteiger partial charge in [-0.2, -0.15) is 0 Å². The molecular formula is C18H15N6Na2O6P. The van der Waals surface area contributed by atoms with Gasteiger partial charge in [0, 0.05) is 18.8 Å². The number of hydrogen-bond acceptors (Lipinski definition) is 10. The van der Waals surface area contributed by atoms with Gasteiger partial charge in [0.15, 0.2) is 5.82 Å². The van der Waals surface area contributed by atoms with Crippen LogP contribution in [-0.4, -0.2) is 50.0 Å². The second-order valence-electron chi connectivity index (χ2n) is 7.21. The molecule has 3 aromatic rings. The molecule has 1 amide bonds. The Bertz CT molecular complexity index is 1220. The quantitative estimate of drug-likeness (QED) is 0.250. The van der Waals surface area contributed by atoms with Crippen LogP contribution in [0.2, 0.25) is 0 Å². The van der Waals surface area contributed by atoms with Gasteiger partial charge in [-0.1, -0.05) is 12.1 Å². The molecule has 1 fully saturated rings. The Morgan fingerprint density at radius 1 is 1.21 bits per heavy atom. The van der Waals surface area contributed by atoms with Crippen LogP contribution in [0.15, 0.2) is 36.5 Å². The maximum Gasteiger partial charge on any atom is 1.00 e. The smallest absolute Gasteiger partial charge is 0.790 e. The minimum absolute atomic E-state index is 0. The zero-order chi connectivity index (χ0) is 21.8. The van der Waals surface area contributed by atoms with Crippen LogP contribution in [0, 0.1) is 0 Å². The average Bonchev–Trinajstić information content (AvgIpc) is 3.40. The molecular weight excluding hydrogens is 473 g/mol. The molecule has 2 aromatic heterocycles. The minimum atomic E-state index is -5.15. The molecule has 15 heteroatoms. The van der Waals surface area contributed by atoms with Crippen LogP contribution < -0.4 is 73.8 Å². The van der Waals surface area contributed by atoms with Gasteiger partial charge in [-0.15, -0.1) is 5.10 Å². The van der Waals surface area contributed by atoms with E-state index in [9.17, 15) is 19.1 Å². The molecule has 2 aliphatic rings. The molecule has 1 aromatic carbocycles. The van der Waals surface area contributed by atoms with Gasteiger partial charge in [0.25, 0.3) is 0 Å². The monoisotopic (exact) mass is 488 g/mol. The van der Waals surface area contributed by atoms with E-state index >= 15 is 0 Å². The number of carbonyl (C=O) groups is 1. The normalized spacial score (nSPS) is 18.8. The van der Waals surface area contributed by atoms with Crippen molar-refractivity contribution in [2.45, 2.75) is 18.6 Å². The number of pyridine rings is 1. The number of fused-ring (bicyclic) bond motifs is 3. The molecule has 33 heavy (non-hydrogen) atoms. The molecule has 0 spiro atoms. The van der Waals surface area contributed by atoms with Gasteiger partial charge in [0.1, 0.15) is 11.8 Å². The van der Waals surface area contributed by atoms with E-state index in [2.05, 4.69) is 25.0 Å². The summed E-state index contributed by atoms with van der Waals surface area (Å²) in [6.45, 7) is -0.500. The Morgan fingerprint density at radius 2 is 1.97 bits per heavy atom. The summed E-state index contributed by atoms with van der Waals surface area (Å²) in [5.74, 6) is 0.550. The van der Waals surface area contributed by atoms with E-state index in [-0.39, 0.29) is 59.1 Å². The summed E-state index contributed by atoms with van der Waals surface area (Å²) in [6, 6.07) is 8.91. The van der Waals surface area contributed by atoms with Gasteiger partial charge in [0.2, 0.25) is 0 Å². The molecule has 0 bridgehead atoms. The van der Waals surface area contributed by atoms with Crippen molar-refractivity contribution in [3.05, 3.63) is 42.1 Å². The molecule has 0 radical (unpaired) electrons. The summed E-state index contributed by atoms with van der Waals surface area (Å²) in [4.78, 5) is 39.7. The summed E-state index contributed by atoms with van der Waals surface area (Å²) in [6.07, 6.45) is 0.717. The van der Waals surface area contributed by atoms with Crippen LogP contribution in [0.1, 0.15) is 5.56 Å². The zero-order valence-electron chi connectivity index (χ0n) is 18.1. The molecule has 5 rings (SSSR count). The van der Waals surface area contributed by atoms with Crippen molar-refractivity contribution in [2.24, 2.45) is 7.05 Å². The van der Waals surface area contributed by atoms with Gasteiger partial charge in [-0.25, -0.2) is 9.48 Å². The Labute approximate surface area is 232 Å². The van der Waals surface area contributed by atoms with Gasteiger partial charge >= 0.3 is 65.2 Å². The largest absolute Gasteiger partial charge is 1.00 e. The number of carbonyl (C=O) groups excluding carboxylic acids is 1. The number of nitrogens with zero attached hydrogens (tertiary/aromatic N) is 6. The first-order valence-corrected chi connectivity index (χ1v) is 10.7. The van der Waals surface area contributed by atoms with Crippen LogP contribution in [0.4, 0.5) is 10.5 Å². The SMILES string of the molecule is Cn1nnnc1-c1ccc(-c2ccc3c(c2)C[C@H]2[C@H](COP(=O)([O-])[O-])OC(=O)N32)cn1.[Na+].[Na+]. The third kappa shape index (κ3) is 5.25. The number of amides is 1. The van der Waals surface area contributed by atoms with Crippen LogP contribution >= 0.6 is 7.82 Å². The summed E-state index contributed by atoms with van der Waals surface area (Å²) in [7, 11) is -3.42. The maximum absolute atomic E-state index is 12.3. The number of cyclic esters (lactones) is 1. The number of phosphoric acid groups is 1. The predicted octanol–water partition coefficient (Wildman–Crippen LogP) is -5.96. The maximum atomic E-state index is 12.3. The van der Waals surface area contributed by atoms with Crippen molar-refractivity contribution in [1.29, 1.82) is 0 Å². The molecule has 0 unspecified atom stereocenters. The predicted molar refractivity (Wildman–Crippen MR) is 101 cm³/mol. The van der Waals surface area contributed by atoms with E-state index in [0.717, 1.165) is 16.7 Å². The van der Waals surface area contributed by atoms with E-state index in [1.807, 2.05) is 30.3 Å². The Balaban J connectivity index is 0.00000153. The minimum Gasteiger partial charge on any atom is -0.790 e. The van der Waals surface area contributed by atoms with E-state index in [0.29, 0.717) is 23.6 Å². The van der Waals surface area contributed by atoms with E-state index < -0.39 is 32.7 Å². The fourth-order valence-corrected chi connectivity index (χ4v) is 4.24. The van der Waals surface area contributed by atoms with Crippen molar-refractivity contribution in [3.63, 3.8) is 0 Å². The number of benzene rings is 1. The fraction of sp³-hybridized carbons (Fsp3) is 0.278. The Kier molecular flexibility index (Phi) is 8.17. The number of phosphoric ester groups is 1. The number of aromatic nitrogens is 5. The molecule has 12 nitrogen and oxygen atoms in total. The molecule has 160 valence electrons. The summed E-state index contributed by atoms with van der Waals surface area (Å²) >= 11 is 0. The number of tetrazole rings is 1. The Hall–Kier alpha value is -1.18. The summed E-state index contributed by atoms with van der Waals surface area (Å²) in [5, 5.41) is 11.3. The van der Waals surface area contributed by atoms with Crippen molar-refractivity contribution in [2.75, 3.05) is 11.5 Å². The number of ether oxygens (including phenoxy) is 1. The number of rotatable bonds is 5. The van der Waals surface area contributed by atoms with Crippen LogP contribution in [0.25, 0.3) is 22.6 Å². The zero-order valence-corrected chi connectivity index (χ0v) is 23.0. The molecule has 1 saturated heterocycles. The first-order chi connectivity index (χ1) is 14.8. The third-order valence-corrected chi connectivity index (χ3v) is 5.79. The molecule has 4 heterocycles. The standard InChI is InChI=1S/C18H17N6O6P.2Na/c1-23-17(20-21-22-23)13-4-2-11(8-19-13)10-3-5-14-12(6-10)7-15-16(9-29-31(26,27)28)30-18(25)24(14)15;;/h2-6,8,15-16H,7,9H2,1H3,(H2,26,27,28);;/q;2*+1/p-2/t15-,16-;;/m0../s1. The molecule has 2 atom stereocenters. The first-order valence-electron chi connectivity index (χ1n) is 9.29. The first kappa shape index (κ1) is 26.4. The number of hydrogen-bond donors (Lipinski definition) is 0. The second-order valence-corrected chi connectivity index (χ2v) is 8.36. The van der Waals surface area contributed by atoms with Crippen molar-refractivity contribution >= 4 is 19.6 Å². The second kappa shape index (κ2) is 10.2. The third-order valence-electron chi connectivity index (χ3n) is 5.32. The van der Waals surface area contributed by atoms with E-state index in [1.54, 1.807) is 13.2 Å². The summed E-state index contributed by atoms with van der Waals surface area (Å²) < 4.78 is 21.8. The van der Waals surface area contributed by atoms with Crippen molar-refractivity contribution < 1.29 is 87.5 Å². The van der Waals surface area contributed by atoms with Crippen molar-refractivity contribution in [3.8, 4) is 22.6 Å². The van der Waals surface area contributed by atoms with Gasteiger partial charge < -0.3 is 23.6 Å². The van der Waals surface area contributed by atoms with Crippen LogP contribution in [0.5, 0.6) is 0 Å². The van der Waals surface area contributed by atoms with Crippen LogP contribution in [-0.2, 0) is 27.3 Å². The van der Waals surface area contributed by atoms with Crippen molar-refractivity contribution in [1.82, 2.24) is 25.2 Å². The number of aryl methyl sites for hydroxylation is 1. The summed E-state index contributed by atoms with van der Waals surface area (Å²) in [5.41, 5.74) is 3.99. The van der Waals surface area contributed by atoms with E-state index in [4.69, 9.17) is 4.74 Å². The fourth-order valence-electron chi connectivity index (χ4n) is 3.91. The molecule has 2 aliphatic heterocycles. The van der Waals surface area contributed by atoms with Gasteiger partial charge in [-0.3, -0.25) is 9.88 Å². The van der Waals surface area contributed by atoms with Gasteiger partial charge in [0.05, 0.1) is 26.2 Å². The number of anilines is 1. The molecule has 0 aliphatic carbocycles. The molecule has 0 saturated carbocycles. The topological polar surface area (TPSA) is 158 Å². The van der Waals surface area contributed by atoms with E-state index in [1.165, 1.54) is 9.58 Å². The Morgan fingerprint density at radius 3 is 2.61 bits per heavy atom.